The van der Waals surface area contributed by atoms with Gasteiger partial charge in [0.25, 0.3) is 5.91 Å². The molecule has 0 radical (unpaired) electrons. The number of halogens is 3. The molecule has 0 saturated carbocycles. The van der Waals surface area contributed by atoms with Crippen LogP contribution in [0.4, 0.5) is 24.7 Å². The van der Waals surface area contributed by atoms with Crippen LogP contribution in [0.5, 0.6) is 11.5 Å². The Kier molecular flexibility index (Phi) is 5.59. The van der Waals surface area contributed by atoms with E-state index in [1.54, 1.807) is 18.2 Å². The van der Waals surface area contributed by atoms with Crippen LogP contribution in [-0.4, -0.2) is 33.8 Å². The molecule has 2 aliphatic heterocycles. The molecule has 3 atom stereocenters. The lowest BCUT2D eigenvalue weighted by atomic mass is 9.96. The topological polar surface area (TPSA) is 97.6 Å². The average molecular weight is 488 g/mol. The van der Waals surface area contributed by atoms with E-state index in [9.17, 15) is 23.1 Å². The lowest BCUT2D eigenvalue weighted by Gasteiger charge is -2.34. The summed E-state index contributed by atoms with van der Waals surface area (Å²) < 4.78 is 53.4. The third kappa shape index (κ3) is 4.27. The van der Waals surface area contributed by atoms with Gasteiger partial charge in [0.05, 0.1) is 24.0 Å². The molecule has 1 amide bonds. The molecule has 11 heteroatoms. The minimum absolute atomic E-state index is 0.00600. The molecule has 8 nitrogen and oxygen atoms in total. The van der Waals surface area contributed by atoms with E-state index < -0.39 is 30.3 Å². The maximum atomic E-state index is 14.0. The lowest BCUT2D eigenvalue weighted by molar-refractivity contribution is -0.173. The highest BCUT2D eigenvalue weighted by atomic mass is 19.4. The molecule has 0 spiro atoms. The van der Waals surface area contributed by atoms with Crippen LogP contribution < -0.4 is 20.1 Å². The molecule has 35 heavy (non-hydrogen) atoms. The molecule has 0 bridgehead atoms. The fourth-order valence-electron chi connectivity index (χ4n) is 4.35. The number of alkyl halides is 3. The number of hydrogen-bond donors (Lipinski definition) is 3. The van der Waals surface area contributed by atoms with Crippen molar-refractivity contribution in [3.05, 3.63) is 64.8 Å². The fourth-order valence-corrected chi connectivity index (χ4v) is 4.35. The molecule has 3 N–H and O–H groups in total. The number of carbonyl (C=O) groups is 1. The van der Waals surface area contributed by atoms with Crippen molar-refractivity contribution in [2.45, 2.75) is 44.6 Å². The Labute approximate surface area is 198 Å². The third-order valence-electron chi connectivity index (χ3n) is 6.21. The number of benzene rings is 2. The van der Waals surface area contributed by atoms with Crippen molar-refractivity contribution in [3.8, 4) is 11.5 Å². The molecule has 1 aromatic heterocycles. The van der Waals surface area contributed by atoms with Crippen LogP contribution in [0.2, 0.25) is 0 Å². The highest BCUT2D eigenvalue weighted by Gasteiger charge is 2.47. The van der Waals surface area contributed by atoms with Gasteiger partial charge in [-0.3, -0.25) is 4.79 Å². The second kappa shape index (κ2) is 8.49. The van der Waals surface area contributed by atoms with Gasteiger partial charge in [0, 0.05) is 18.1 Å². The molecule has 3 aromatic rings. The van der Waals surface area contributed by atoms with Gasteiger partial charge in [0.1, 0.15) is 11.4 Å². The summed E-state index contributed by atoms with van der Waals surface area (Å²) >= 11 is 0. The molecule has 0 unspecified atom stereocenters. The molecule has 0 fully saturated rings. The summed E-state index contributed by atoms with van der Waals surface area (Å²) in [4.78, 5) is 13.2. The molecule has 2 aliphatic rings. The first-order valence-corrected chi connectivity index (χ1v) is 11.0. The fraction of sp³-hybridized carbons (Fsp3) is 0.333. The predicted octanol–water partition coefficient (Wildman–Crippen LogP) is 4.89. The van der Waals surface area contributed by atoms with E-state index in [4.69, 9.17) is 9.47 Å². The highest BCUT2D eigenvalue weighted by Crippen LogP contribution is 2.45. The Morgan fingerprint density at radius 3 is 2.57 bits per heavy atom. The maximum absolute atomic E-state index is 14.0. The number of rotatable bonds is 4. The number of fused-ring (bicyclic) bond motifs is 2. The normalized spacial score (nSPS) is 19.6. The van der Waals surface area contributed by atoms with Crippen molar-refractivity contribution in [1.82, 2.24) is 9.78 Å². The summed E-state index contributed by atoms with van der Waals surface area (Å²) in [6.07, 6.45) is -4.66. The Morgan fingerprint density at radius 2 is 1.91 bits per heavy atom. The van der Waals surface area contributed by atoms with Crippen molar-refractivity contribution in [2.75, 3.05) is 17.4 Å². The number of aryl methyl sites for hydroxylation is 1. The predicted molar refractivity (Wildman–Crippen MR) is 121 cm³/mol. The third-order valence-corrected chi connectivity index (χ3v) is 6.21. The van der Waals surface area contributed by atoms with E-state index in [0.717, 1.165) is 16.4 Å². The molecular weight excluding hydrogens is 465 g/mol. The molecule has 3 heterocycles. The van der Waals surface area contributed by atoms with Crippen LogP contribution in [0.15, 0.2) is 42.6 Å². The molecule has 0 saturated heterocycles. The largest absolute Gasteiger partial charge is 0.454 e. The lowest BCUT2D eigenvalue weighted by Crippen LogP contribution is -2.36. The van der Waals surface area contributed by atoms with Crippen LogP contribution in [0.1, 0.15) is 58.6 Å². The second-order valence-electron chi connectivity index (χ2n) is 8.67. The monoisotopic (exact) mass is 488 g/mol. The van der Waals surface area contributed by atoms with Gasteiger partial charge in [-0.25, -0.2) is 4.68 Å². The van der Waals surface area contributed by atoms with Crippen LogP contribution >= 0.6 is 0 Å². The van der Waals surface area contributed by atoms with Crippen molar-refractivity contribution in [3.63, 3.8) is 0 Å². The van der Waals surface area contributed by atoms with Gasteiger partial charge in [0.15, 0.2) is 17.5 Å². The maximum Gasteiger partial charge on any atom is 0.410 e. The van der Waals surface area contributed by atoms with Gasteiger partial charge in [-0.15, -0.1) is 0 Å². The SMILES string of the molecule is Cc1ccc([C@@H]2C[C@H](C(F)(F)F)n3ncc(C(=O)Nc4cc5c(cc4[C@H](C)O)OCO5)c3N2)cc1. The molecule has 0 aliphatic carbocycles. The van der Waals surface area contributed by atoms with Crippen molar-refractivity contribution >= 4 is 17.4 Å². The first-order chi connectivity index (χ1) is 16.6. The van der Waals surface area contributed by atoms with Crippen LogP contribution in [0.25, 0.3) is 0 Å². The van der Waals surface area contributed by atoms with E-state index in [1.807, 2.05) is 19.1 Å². The Morgan fingerprint density at radius 1 is 1.23 bits per heavy atom. The molecule has 2 aromatic carbocycles. The first-order valence-electron chi connectivity index (χ1n) is 11.0. The number of nitrogens with one attached hydrogen (secondary N) is 2. The number of aliphatic hydroxyl groups excluding tert-OH is 1. The van der Waals surface area contributed by atoms with Crippen LogP contribution in [0, 0.1) is 6.92 Å². The number of ether oxygens (including phenoxy) is 2. The first kappa shape index (κ1) is 23.0. The van der Waals surface area contributed by atoms with Crippen molar-refractivity contribution in [1.29, 1.82) is 0 Å². The zero-order valence-corrected chi connectivity index (χ0v) is 18.9. The van der Waals surface area contributed by atoms with Crippen LogP contribution in [0.3, 0.4) is 0 Å². The number of anilines is 2. The smallest absolute Gasteiger partial charge is 0.410 e. The second-order valence-corrected chi connectivity index (χ2v) is 8.67. The van der Waals surface area contributed by atoms with E-state index in [-0.39, 0.29) is 30.3 Å². The van der Waals surface area contributed by atoms with Gasteiger partial charge >= 0.3 is 6.18 Å². The standard InChI is InChI=1S/C24H23F3N4O4/c1-12-3-5-14(6-4-12)17-9-21(24(25,26)27)31-22(29-17)16(10-28-31)23(33)30-18-8-20-19(34-11-35-20)7-15(18)13(2)32/h3-8,10,13,17,21,29,32H,9,11H2,1-2H3,(H,30,33)/t13-,17-,21+/m0/s1. The summed E-state index contributed by atoms with van der Waals surface area (Å²) in [6, 6.07) is 7.70. The van der Waals surface area contributed by atoms with Gasteiger partial charge in [-0.05, 0) is 25.5 Å². The van der Waals surface area contributed by atoms with Crippen molar-refractivity contribution < 1.29 is 32.5 Å². The number of amides is 1. The minimum Gasteiger partial charge on any atom is -0.454 e. The van der Waals surface area contributed by atoms with Gasteiger partial charge < -0.3 is 25.2 Å². The number of aromatic nitrogens is 2. The van der Waals surface area contributed by atoms with E-state index in [0.29, 0.717) is 22.6 Å². The molecular formula is C24H23F3N4O4. The Balaban J connectivity index is 1.50. The summed E-state index contributed by atoms with van der Waals surface area (Å²) in [5.74, 6) is 0.111. The van der Waals surface area contributed by atoms with Crippen LogP contribution in [-0.2, 0) is 0 Å². The number of aliphatic hydroxyl groups is 1. The highest BCUT2D eigenvalue weighted by molar-refractivity contribution is 6.08. The van der Waals surface area contributed by atoms with Gasteiger partial charge in [0.2, 0.25) is 6.79 Å². The zero-order valence-electron chi connectivity index (χ0n) is 18.9. The van der Waals surface area contributed by atoms with E-state index >= 15 is 0 Å². The molecule has 184 valence electrons. The summed E-state index contributed by atoms with van der Waals surface area (Å²) in [7, 11) is 0. The van der Waals surface area contributed by atoms with Gasteiger partial charge in [-0.1, -0.05) is 29.8 Å². The summed E-state index contributed by atoms with van der Waals surface area (Å²) in [5.41, 5.74) is 2.25. The summed E-state index contributed by atoms with van der Waals surface area (Å²) in [6.45, 7) is 3.43. The van der Waals surface area contributed by atoms with Gasteiger partial charge in [-0.2, -0.15) is 18.3 Å². The number of hydrogen-bond acceptors (Lipinski definition) is 6. The van der Waals surface area contributed by atoms with E-state index in [1.165, 1.54) is 13.0 Å². The zero-order chi connectivity index (χ0) is 24.9. The number of nitrogens with zero attached hydrogens (tertiary/aromatic N) is 2. The summed E-state index contributed by atoms with van der Waals surface area (Å²) in [5, 5.41) is 19.8. The van der Waals surface area contributed by atoms with E-state index in [2.05, 4.69) is 15.7 Å². The van der Waals surface area contributed by atoms with Crippen molar-refractivity contribution in [2.24, 2.45) is 0 Å². The molecule has 5 rings (SSSR count). The minimum atomic E-state index is -4.56. The quantitative estimate of drug-likeness (QED) is 0.484. The average Bonchev–Trinajstić information content (AvgIpc) is 3.44. The number of carbonyl (C=O) groups excluding carboxylic acids is 1. The Hall–Kier alpha value is -3.73. The Bertz CT molecular complexity index is 1270.